The number of rotatable bonds is 1. The topological polar surface area (TPSA) is 17.1 Å². The molecular formula is C2Cl3F2OPS2. The van der Waals surface area contributed by atoms with Crippen LogP contribution in [0.5, 0.6) is 0 Å². The summed E-state index contributed by atoms with van der Waals surface area (Å²) in [7, 11) is 0. The summed E-state index contributed by atoms with van der Waals surface area (Å²) in [6.45, 7) is 0. The van der Waals surface area contributed by atoms with Gasteiger partial charge in [0.25, 0.3) is 3.79 Å². The molecule has 0 radical (unpaired) electrons. The molecule has 0 aliphatic carbocycles. The van der Waals surface area contributed by atoms with Crippen molar-refractivity contribution in [2.45, 2.75) is 3.79 Å². The first-order valence-electron chi connectivity index (χ1n) is 1.93. The third-order valence-corrected chi connectivity index (χ3v) is 3.76. The van der Waals surface area contributed by atoms with E-state index in [1.54, 1.807) is 0 Å². The molecule has 0 aromatic carbocycles. The van der Waals surface area contributed by atoms with Crippen molar-refractivity contribution in [1.82, 2.24) is 0 Å². The molecule has 0 unspecified atom stereocenters. The zero-order chi connectivity index (χ0) is 9.28. The molecule has 0 saturated heterocycles. The zero-order valence-corrected chi connectivity index (χ0v) is 9.36. The van der Waals surface area contributed by atoms with Crippen LogP contribution in [0.3, 0.4) is 0 Å². The van der Waals surface area contributed by atoms with Crippen molar-refractivity contribution >= 4 is 69.0 Å². The summed E-state index contributed by atoms with van der Waals surface area (Å²) < 4.78 is 21.7. The summed E-state index contributed by atoms with van der Waals surface area (Å²) in [5, 5.41) is -1.24. The van der Waals surface area contributed by atoms with Gasteiger partial charge in [0.15, 0.2) is 0 Å². The standard InChI is InChI=1S/C2Cl3F2OPS2/c3-2(4,5)1(8)11-9(6,7)10. The van der Waals surface area contributed by atoms with Crippen LogP contribution in [0.2, 0.25) is 0 Å². The van der Waals surface area contributed by atoms with Crippen molar-refractivity contribution in [3.05, 3.63) is 0 Å². The van der Waals surface area contributed by atoms with Crippen LogP contribution >= 0.6 is 52.0 Å². The van der Waals surface area contributed by atoms with Gasteiger partial charge in [0.05, 0.1) is 0 Å². The molecule has 0 amide bonds. The fraction of sp³-hybridized carbons (Fsp3) is 0.500. The van der Waals surface area contributed by atoms with Crippen LogP contribution < -0.4 is 0 Å². The van der Waals surface area contributed by atoms with E-state index in [1.807, 2.05) is 0 Å². The van der Waals surface area contributed by atoms with Crippen molar-refractivity contribution in [3.8, 4) is 0 Å². The van der Waals surface area contributed by atoms with E-state index in [0.29, 0.717) is 0 Å². The van der Waals surface area contributed by atoms with Crippen molar-refractivity contribution in [2.75, 3.05) is 0 Å². The minimum Gasteiger partial charge on any atom is -0.282 e. The van der Waals surface area contributed by atoms with Crippen LogP contribution in [0.1, 0.15) is 0 Å². The lowest BCUT2D eigenvalue weighted by Crippen LogP contribution is -2.13. The van der Waals surface area contributed by atoms with Crippen LogP contribution in [0.15, 0.2) is 0 Å². The molecule has 0 aromatic heterocycles. The molecule has 0 heterocycles. The number of alkyl halides is 3. The molecule has 0 N–H and O–H groups in total. The maximum Gasteiger partial charge on any atom is 0.333 e. The highest BCUT2D eigenvalue weighted by atomic mass is 35.6. The van der Waals surface area contributed by atoms with E-state index >= 15 is 0 Å². The summed E-state index contributed by atoms with van der Waals surface area (Å²) in [5.41, 5.74) is 0. The van der Waals surface area contributed by atoms with Gasteiger partial charge in [0, 0.05) is 11.4 Å². The number of halogens is 5. The van der Waals surface area contributed by atoms with E-state index in [0.717, 1.165) is 0 Å². The van der Waals surface area contributed by atoms with Crippen LogP contribution in [0, 0.1) is 0 Å². The predicted octanol–water partition coefficient (Wildman–Crippen LogP) is 3.78. The van der Waals surface area contributed by atoms with Crippen molar-refractivity contribution in [3.63, 3.8) is 0 Å². The zero-order valence-electron chi connectivity index (χ0n) is 4.56. The van der Waals surface area contributed by atoms with Gasteiger partial charge in [0.2, 0.25) is 5.12 Å². The van der Waals surface area contributed by atoms with E-state index in [1.165, 1.54) is 0 Å². The van der Waals surface area contributed by atoms with Gasteiger partial charge in [-0.2, -0.15) is 8.39 Å². The number of carbonyl (C=O) groups is 1. The largest absolute Gasteiger partial charge is 0.333 e. The highest BCUT2D eigenvalue weighted by molar-refractivity contribution is 8.73. The van der Waals surface area contributed by atoms with Gasteiger partial charge >= 0.3 is 5.86 Å². The molecule has 1 nitrogen and oxygen atoms in total. The Bertz CT molecular complexity index is 210. The molecule has 9 heteroatoms. The second-order valence-electron chi connectivity index (χ2n) is 1.29. The Morgan fingerprint density at radius 2 is 1.82 bits per heavy atom. The molecule has 0 atom stereocenters. The van der Waals surface area contributed by atoms with Gasteiger partial charge in [-0.15, -0.1) is 0 Å². The van der Waals surface area contributed by atoms with Gasteiger partial charge in [-0.25, -0.2) is 0 Å². The Morgan fingerprint density at radius 3 is 1.91 bits per heavy atom. The minimum absolute atomic E-state index is 0.378. The Balaban J connectivity index is 4.23. The van der Waals surface area contributed by atoms with Gasteiger partial charge in [-0.1, -0.05) is 34.8 Å². The fourth-order valence-corrected chi connectivity index (χ4v) is 2.88. The van der Waals surface area contributed by atoms with Gasteiger partial charge < -0.3 is 0 Å². The molecule has 0 saturated carbocycles. The smallest absolute Gasteiger partial charge is 0.282 e. The van der Waals surface area contributed by atoms with E-state index in [9.17, 15) is 13.2 Å². The van der Waals surface area contributed by atoms with Gasteiger partial charge in [0.1, 0.15) is 0 Å². The summed E-state index contributed by atoms with van der Waals surface area (Å²) in [6, 6.07) is 0. The Labute approximate surface area is 85.7 Å². The van der Waals surface area contributed by atoms with Crippen LogP contribution in [0.25, 0.3) is 0 Å². The lowest BCUT2D eigenvalue weighted by Gasteiger charge is -2.07. The van der Waals surface area contributed by atoms with Crippen molar-refractivity contribution < 1.29 is 13.2 Å². The van der Waals surface area contributed by atoms with E-state index in [-0.39, 0.29) is 11.4 Å². The van der Waals surface area contributed by atoms with E-state index < -0.39 is 14.8 Å². The second kappa shape index (κ2) is 4.07. The molecule has 0 spiro atoms. The average Bonchev–Trinajstić information content (AvgIpc) is 1.56. The number of hydrogen-bond donors (Lipinski definition) is 0. The quantitative estimate of drug-likeness (QED) is 0.537. The van der Waals surface area contributed by atoms with Gasteiger partial charge in [-0.3, -0.25) is 4.79 Å². The normalized spacial score (nSPS) is 13.2. The highest BCUT2D eigenvalue weighted by Gasteiger charge is 2.36. The molecule has 66 valence electrons. The fourth-order valence-electron chi connectivity index (χ4n) is 0.148. The lowest BCUT2D eigenvalue weighted by atomic mass is 10.9. The first kappa shape index (κ1) is 12.4. The maximum atomic E-state index is 12.0. The van der Waals surface area contributed by atoms with Crippen LogP contribution in [-0.2, 0) is 16.6 Å². The SMILES string of the molecule is O=C(SP(F)(F)=S)C(Cl)(Cl)Cl. The Morgan fingerprint density at radius 1 is 1.45 bits per heavy atom. The highest BCUT2D eigenvalue weighted by Crippen LogP contribution is 2.64. The third kappa shape index (κ3) is 6.55. The number of carbonyl (C=O) groups excluding carboxylic acids is 1. The first-order valence-corrected chi connectivity index (χ1v) is 7.07. The summed E-state index contributed by atoms with van der Waals surface area (Å²) in [5.74, 6) is -4.67. The average molecular weight is 279 g/mol. The molecule has 0 aromatic rings. The summed E-state index contributed by atoms with van der Waals surface area (Å²) >= 11 is 18.3. The molecule has 0 aliphatic rings. The molecule has 0 aliphatic heterocycles. The monoisotopic (exact) mass is 278 g/mol. The minimum atomic E-state index is -4.67. The maximum absolute atomic E-state index is 12.0. The van der Waals surface area contributed by atoms with Crippen LogP contribution in [0.4, 0.5) is 8.39 Å². The number of hydrogen-bond acceptors (Lipinski definition) is 3. The molecule has 0 rings (SSSR count). The van der Waals surface area contributed by atoms with E-state index in [2.05, 4.69) is 11.8 Å². The van der Waals surface area contributed by atoms with Crippen molar-refractivity contribution in [2.24, 2.45) is 0 Å². The second-order valence-corrected chi connectivity index (χ2v) is 8.95. The molecule has 0 fully saturated rings. The molecule has 0 bridgehead atoms. The molecular weight excluding hydrogens is 279 g/mol. The van der Waals surface area contributed by atoms with Gasteiger partial charge in [-0.05, 0) is 11.8 Å². The molecule has 11 heavy (non-hydrogen) atoms. The lowest BCUT2D eigenvalue weighted by molar-refractivity contribution is -0.110. The third-order valence-electron chi connectivity index (χ3n) is 0.421. The predicted molar refractivity (Wildman–Crippen MR) is 49.4 cm³/mol. The first-order chi connectivity index (χ1) is 4.63. The van der Waals surface area contributed by atoms with Crippen LogP contribution in [-0.4, -0.2) is 8.91 Å². The summed E-state index contributed by atoms with van der Waals surface area (Å²) in [4.78, 5) is 10.5. The van der Waals surface area contributed by atoms with E-state index in [4.69, 9.17) is 34.8 Å². The van der Waals surface area contributed by atoms with Crippen molar-refractivity contribution in [1.29, 1.82) is 0 Å². The summed E-state index contributed by atoms with van der Waals surface area (Å²) in [6.07, 6.45) is 0. The Kier molecular flexibility index (Phi) is 4.59. The Hall–Kier alpha value is 1.40.